The molecule has 2 N–H and O–H groups in total. The van der Waals surface area contributed by atoms with Crippen molar-refractivity contribution in [1.29, 1.82) is 0 Å². The molecule has 0 heterocycles. The predicted octanol–water partition coefficient (Wildman–Crippen LogP) is 0.398. The van der Waals surface area contributed by atoms with Gasteiger partial charge in [-0.1, -0.05) is 23.7 Å². The smallest absolute Gasteiger partial charge is 0.298 e. The van der Waals surface area contributed by atoms with E-state index in [4.69, 9.17) is 21.8 Å². The monoisotopic (exact) mass is 266 g/mol. The van der Waals surface area contributed by atoms with Gasteiger partial charge < -0.3 is 10.2 Å². The van der Waals surface area contributed by atoms with Crippen molar-refractivity contribution in [2.24, 2.45) is 0 Å². The van der Waals surface area contributed by atoms with E-state index in [-0.39, 0.29) is 9.92 Å². The highest BCUT2D eigenvalue weighted by molar-refractivity contribution is 7.87. The Bertz CT molecular complexity index is 441. The van der Waals surface area contributed by atoms with E-state index >= 15 is 0 Å². The van der Waals surface area contributed by atoms with Crippen LogP contribution in [0.25, 0.3) is 0 Å². The first kappa shape index (κ1) is 13.4. The van der Waals surface area contributed by atoms with Crippen molar-refractivity contribution in [3.63, 3.8) is 0 Å². The topological polar surface area (TPSA) is 83.8 Å². The number of benzene rings is 1. The maximum atomic E-state index is 11.7. The minimum absolute atomic E-state index is 0.0251. The van der Waals surface area contributed by atoms with Crippen molar-refractivity contribution < 1.29 is 22.8 Å². The first-order valence-corrected chi connectivity index (χ1v) is 6.19. The fourth-order valence-electron chi connectivity index (χ4n) is 0.997. The second-order valence-electron chi connectivity index (χ2n) is 2.97. The molecule has 7 heteroatoms. The van der Waals surface area contributed by atoms with Gasteiger partial charge in [0.2, 0.25) is 0 Å². The van der Waals surface area contributed by atoms with Crippen molar-refractivity contribution >= 4 is 21.7 Å². The van der Waals surface area contributed by atoms with Crippen molar-refractivity contribution in [3.05, 3.63) is 29.3 Å². The highest BCUT2D eigenvalue weighted by atomic mass is 35.5. The SMILES string of the molecule is O=S(=O)(OC(CO)CO)c1ccccc1Cl. The Kier molecular flexibility index (Phi) is 4.69. The molecular formula is C9H11ClO5S. The number of hydrogen-bond acceptors (Lipinski definition) is 5. The first-order chi connectivity index (χ1) is 7.51. The van der Waals surface area contributed by atoms with Gasteiger partial charge in [-0.15, -0.1) is 0 Å². The molecule has 0 spiro atoms. The molecule has 5 nitrogen and oxygen atoms in total. The van der Waals surface area contributed by atoms with Crippen molar-refractivity contribution in [3.8, 4) is 0 Å². The van der Waals surface area contributed by atoms with Crippen molar-refractivity contribution in [1.82, 2.24) is 0 Å². The molecule has 1 aromatic rings. The van der Waals surface area contributed by atoms with Crippen LogP contribution in [0.5, 0.6) is 0 Å². The summed E-state index contributed by atoms with van der Waals surface area (Å²) in [5.41, 5.74) is 0. The maximum Gasteiger partial charge on any atom is 0.298 e. The third-order valence-electron chi connectivity index (χ3n) is 1.78. The van der Waals surface area contributed by atoms with Crippen LogP contribution in [-0.2, 0) is 14.3 Å². The van der Waals surface area contributed by atoms with Gasteiger partial charge in [0.1, 0.15) is 11.0 Å². The zero-order valence-electron chi connectivity index (χ0n) is 8.21. The summed E-state index contributed by atoms with van der Waals surface area (Å²) in [6.07, 6.45) is -1.18. The molecule has 0 fully saturated rings. The summed E-state index contributed by atoms with van der Waals surface area (Å²) in [6, 6.07) is 5.76. The van der Waals surface area contributed by atoms with E-state index in [2.05, 4.69) is 4.18 Å². The van der Waals surface area contributed by atoms with Crippen LogP contribution in [0.4, 0.5) is 0 Å². The molecule has 0 radical (unpaired) electrons. The van der Waals surface area contributed by atoms with Gasteiger partial charge in [0.15, 0.2) is 0 Å². The minimum Gasteiger partial charge on any atom is -0.394 e. The van der Waals surface area contributed by atoms with Crippen LogP contribution in [0.3, 0.4) is 0 Å². The van der Waals surface area contributed by atoms with Crippen LogP contribution >= 0.6 is 11.6 Å². The van der Waals surface area contributed by atoms with Crippen LogP contribution in [-0.4, -0.2) is 37.9 Å². The quantitative estimate of drug-likeness (QED) is 0.754. The Hall–Kier alpha value is -0.660. The van der Waals surface area contributed by atoms with E-state index in [0.717, 1.165) is 0 Å². The molecule has 0 aliphatic carbocycles. The highest BCUT2D eigenvalue weighted by Crippen LogP contribution is 2.23. The van der Waals surface area contributed by atoms with E-state index in [9.17, 15) is 8.42 Å². The Balaban J connectivity index is 2.99. The Labute approximate surface area is 98.4 Å². The van der Waals surface area contributed by atoms with Gasteiger partial charge in [0.05, 0.1) is 18.2 Å². The van der Waals surface area contributed by atoms with Gasteiger partial charge in [-0.05, 0) is 12.1 Å². The van der Waals surface area contributed by atoms with Gasteiger partial charge >= 0.3 is 0 Å². The molecule has 1 rings (SSSR count). The summed E-state index contributed by atoms with van der Waals surface area (Å²) in [5, 5.41) is 17.5. The van der Waals surface area contributed by atoms with E-state index in [0.29, 0.717) is 0 Å². The van der Waals surface area contributed by atoms with Gasteiger partial charge in [-0.3, -0.25) is 4.18 Å². The summed E-state index contributed by atoms with van der Waals surface area (Å²) in [4.78, 5) is -0.191. The van der Waals surface area contributed by atoms with Gasteiger partial charge in [0.25, 0.3) is 10.1 Å². The normalized spacial score (nSPS) is 12.0. The van der Waals surface area contributed by atoms with Crippen LogP contribution in [0, 0.1) is 0 Å². The van der Waals surface area contributed by atoms with Crippen molar-refractivity contribution in [2.45, 2.75) is 11.0 Å². The Morgan fingerprint density at radius 2 is 1.81 bits per heavy atom. The zero-order chi connectivity index (χ0) is 12.2. The molecule has 0 aliphatic heterocycles. The molecule has 0 saturated heterocycles. The molecular weight excluding hydrogens is 256 g/mol. The lowest BCUT2D eigenvalue weighted by Crippen LogP contribution is -2.25. The molecule has 90 valence electrons. The van der Waals surface area contributed by atoms with Crippen LogP contribution in [0.15, 0.2) is 29.2 Å². The third kappa shape index (κ3) is 3.16. The largest absolute Gasteiger partial charge is 0.394 e. The molecule has 0 amide bonds. The van der Waals surface area contributed by atoms with E-state index in [1.54, 1.807) is 6.07 Å². The summed E-state index contributed by atoms with van der Waals surface area (Å²) >= 11 is 5.69. The molecule has 0 unspecified atom stereocenters. The second kappa shape index (κ2) is 5.60. The fourth-order valence-corrected chi connectivity index (χ4v) is 2.55. The lowest BCUT2D eigenvalue weighted by Gasteiger charge is -2.12. The lowest BCUT2D eigenvalue weighted by atomic mass is 10.4. The molecule has 0 saturated carbocycles. The third-order valence-corrected chi connectivity index (χ3v) is 3.64. The second-order valence-corrected chi connectivity index (χ2v) is 4.92. The summed E-state index contributed by atoms with van der Waals surface area (Å²) in [5.74, 6) is 0. The molecule has 0 atom stereocenters. The van der Waals surface area contributed by atoms with Crippen LogP contribution in [0.2, 0.25) is 5.02 Å². The van der Waals surface area contributed by atoms with Crippen LogP contribution < -0.4 is 0 Å². The van der Waals surface area contributed by atoms with Crippen LogP contribution in [0.1, 0.15) is 0 Å². The highest BCUT2D eigenvalue weighted by Gasteiger charge is 2.22. The van der Waals surface area contributed by atoms with Gasteiger partial charge in [-0.2, -0.15) is 8.42 Å². The van der Waals surface area contributed by atoms with E-state index in [1.807, 2.05) is 0 Å². The summed E-state index contributed by atoms with van der Waals surface area (Å²) < 4.78 is 27.9. The Morgan fingerprint density at radius 3 is 2.31 bits per heavy atom. The molecule has 0 aliphatic rings. The molecule has 16 heavy (non-hydrogen) atoms. The van der Waals surface area contributed by atoms with Gasteiger partial charge in [-0.25, -0.2) is 0 Å². The van der Waals surface area contributed by atoms with E-state index in [1.165, 1.54) is 18.2 Å². The average molecular weight is 267 g/mol. The number of rotatable bonds is 5. The number of aliphatic hydroxyl groups excluding tert-OH is 2. The van der Waals surface area contributed by atoms with Gasteiger partial charge in [0, 0.05) is 0 Å². The fraction of sp³-hybridized carbons (Fsp3) is 0.333. The summed E-state index contributed by atoms with van der Waals surface area (Å²) in [7, 11) is -4.07. The first-order valence-electron chi connectivity index (χ1n) is 4.41. The zero-order valence-corrected chi connectivity index (χ0v) is 9.78. The Morgan fingerprint density at radius 1 is 1.25 bits per heavy atom. The standard InChI is InChI=1S/C9H11ClO5S/c10-8-3-1-2-4-9(8)16(13,14)15-7(5-11)6-12/h1-4,7,11-12H,5-6H2. The number of hydrogen-bond donors (Lipinski definition) is 2. The molecule has 1 aromatic carbocycles. The molecule has 0 aromatic heterocycles. The van der Waals surface area contributed by atoms with E-state index < -0.39 is 29.4 Å². The number of aliphatic hydroxyl groups is 2. The summed E-state index contributed by atoms with van der Waals surface area (Å²) in [6.45, 7) is -1.19. The average Bonchev–Trinajstić information content (AvgIpc) is 2.26. The number of halogens is 1. The van der Waals surface area contributed by atoms with Crippen molar-refractivity contribution in [2.75, 3.05) is 13.2 Å². The predicted molar refractivity (Wildman–Crippen MR) is 57.7 cm³/mol. The molecule has 0 bridgehead atoms. The maximum absolute atomic E-state index is 11.7. The lowest BCUT2D eigenvalue weighted by molar-refractivity contribution is 0.0675. The minimum atomic E-state index is -4.07.